The molecule has 2 aromatic rings. The topological polar surface area (TPSA) is 32.8 Å². The van der Waals surface area contributed by atoms with E-state index in [1.165, 1.54) is 32.1 Å². The van der Waals surface area contributed by atoms with Crippen LogP contribution in [0.5, 0.6) is 5.75 Å². The molecule has 4 nitrogen and oxygen atoms in total. The molecule has 0 bridgehead atoms. The molecule has 2 fully saturated rings. The van der Waals surface area contributed by atoms with Crippen LogP contribution in [0, 0.1) is 5.92 Å². The first-order chi connectivity index (χ1) is 16.0. The Balaban J connectivity index is 1.34. The van der Waals surface area contributed by atoms with Gasteiger partial charge in [0.2, 0.25) is 5.91 Å². The number of likely N-dealkylation sites (tertiary alicyclic amines) is 1. The second-order valence-electron chi connectivity index (χ2n) is 9.86. The van der Waals surface area contributed by atoms with Crippen LogP contribution in [-0.4, -0.2) is 55.5 Å². The number of hydrogen-bond donors (Lipinski definition) is 0. The third-order valence-corrected chi connectivity index (χ3v) is 7.38. The molecule has 1 saturated carbocycles. The van der Waals surface area contributed by atoms with Crippen molar-refractivity contribution in [3.05, 3.63) is 53.1 Å². The summed E-state index contributed by atoms with van der Waals surface area (Å²) < 4.78 is 5.84. The van der Waals surface area contributed by atoms with E-state index in [2.05, 4.69) is 48.2 Å². The van der Waals surface area contributed by atoms with Crippen LogP contribution >= 0.6 is 11.6 Å². The zero-order valence-corrected chi connectivity index (χ0v) is 20.8. The highest BCUT2D eigenvalue weighted by Gasteiger charge is 2.36. The summed E-state index contributed by atoms with van der Waals surface area (Å²) in [5, 5.41) is 0.738. The first kappa shape index (κ1) is 24.1. The van der Waals surface area contributed by atoms with Gasteiger partial charge in [-0.05, 0) is 75.5 Å². The molecule has 0 N–H and O–H groups in total. The van der Waals surface area contributed by atoms with Crippen LogP contribution in [0.3, 0.4) is 0 Å². The van der Waals surface area contributed by atoms with Crippen molar-refractivity contribution >= 4 is 17.5 Å². The van der Waals surface area contributed by atoms with E-state index in [1.807, 2.05) is 18.2 Å². The molecule has 1 atom stereocenters. The van der Waals surface area contributed by atoms with Crippen LogP contribution in [0.25, 0.3) is 11.1 Å². The molecule has 2 aliphatic rings. The summed E-state index contributed by atoms with van der Waals surface area (Å²) >= 11 is 6.68. The van der Waals surface area contributed by atoms with Gasteiger partial charge in [-0.15, -0.1) is 0 Å². The van der Waals surface area contributed by atoms with E-state index >= 15 is 0 Å². The van der Waals surface area contributed by atoms with E-state index < -0.39 is 0 Å². The van der Waals surface area contributed by atoms with Crippen LogP contribution in [0.1, 0.15) is 50.5 Å². The zero-order chi connectivity index (χ0) is 23.2. The van der Waals surface area contributed by atoms with Crippen molar-refractivity contribution in [2.24, 2.45) is 5.92 Å². The lowest BCUT2D eigenvalue weighted by Crippen LogP contribution is -2.39. The highest BCUT2D eigenvalue weighted by molar-refractivity contribution is 6.33. The van der Waals surface area contributed by atoms with Gasteiger partial charge in [-0.3, -0.25) is 4.79 Å². The van der Waals surface area contributed by atoms with E-state index in [0.717, 1.165) is 59.8 Å². The Kier molecular flexibility index (Phi) is 8.32. The largest absolute Gasteiger partial charge is 0.494 e. The molecule has 0 radical (unpaired) electrons. The van der Waals surface area contributed by atoms with Gasteiger partial charge in [0, 0.05) is 35.6 Å². The molecule has 178 valence electrons. The van der Waals surface area contributed by atoms with Crippen molar-refractivity contribution < 1.29 is 9.53 Å². The number of nitrogens with zero attached hydrogens (tertiary/aromatic N) is 2. The van der Waals surface area contributed by atoms with E-state index in [1.54, 1.807) is 0 Å². The Morgan fingerprint density at radius 3 is 2.48 bits per heavy atom. The number of amides is 1. The molecule has 33 heavy (non-hydrogen) atoms. The Bertz CT molecular complexity index is 922. The Labute approximate surface area is 203 Å². The second-order valence-corrected chi connectivity index (χ2v) is 10.3. The fourth-order valence-electron chi connectivity index (χ4n) is 5.21. The average Bonchev–Trinajstić information content (AvgIpc) is 3.18. The molecule has 1 amide bonds. The monoisotopic (exact) mass is 468 g/mol. The summed E-state index contributed by atoms with van der Waals surface area (Å²) in [6.07, 6.45) is 8.95. The first-order valence-corrected chi connectivity index (χ1v) is 12.9. The second kappa shape index (κ2) is 11.4. The molecule has 1 saturated heterocycles. The van der Waals surface area contributed by atoms with Crippen LogP contribution < -0.4 is 4.74 Å². The van der Waals surface area contributed by atoms with E-state index in [9.17, 15) is 4.79 Å². The standard InChI is InChI=1S/C28H37ClN2O2/c1-30(2)16-6-18-33-25-12-10-22(11-13-25)26-14-9-21(20-27(26)29)19-23-15-17-31(28(23)32)24-7-4-3-5-8-24/h9-14,20,23-24H,3-8,15-19H2,1-2H3. The van der Waals surface area contributed by atoms with Gasteiger partial charge in [-0.2, -0.15) is 0 Å². The van der Waals surface area contributed by atoms with Gasteiger partial charge in [0.15, 0.2) is 0 Å². The fourth-order valence-corrected chi connectivity index (χ4v) is 5.53. The predicted molar refractivity (Wildman–Crippen MR) is 136 cm³/mol. The number of hydrogen-bond acceptors (Lipinski definition) is 3. The lowest BCUT2D eigenvalue weighted by molar-refractivity contribution is -0.133. The summed E-state index contributed by atoms with van der Waals surface area (Å²) in [7, 11) is 4.14. The number of ether oxygens (including phenoxy) is 1. The van der Waals surface area contributed by atoms with Crippen LogP contribution in [0.15, 0.2) is 42.5 Å². The van der Waals surface area contributed by atoms with E-state index in [4.69, 9.17) is 16.3 Å². The van der Waals surface area contributed by atoms with Crippen molar-refractivity contribution in [3.8, 4) is 16.9 Å². The van der Waals surface area contributed by atoms with Gasteiger partial charge in [-0.25, -0.2) is 0 Å². The number of benzene rings is 2. The van der Waals surface area contributed by atoms with Crippen molar-refractivity contribution in [2.75, 3.05) is 33.8 Å². The molecule has 4 rings (SSSR count). The van der Waals surface area contributed by atoms with Gasteiger partial charge in [0.1, 0.15) is 5.75 Å². The summed E-state index contributed by atoms with van der Waals surface area (Å²) in [6, 6.07) is 14.9. The van der Waals surface area contributed by atoms with E-state index in [0.29, 0.717) is 18.6 Å². The number of carbonyl (C=O) groups excluding carboxylic acids is 1. The number of halogens is 1. The zero-order valence-electron chi connectivity index (χ0n) is 20.1. The molecule has 1 heterocycles. The minimum Gasteiger partial charge on any atom is -0.494 e. The molecule has 1 unspecified atom stereocenters. The number of rotatable bonds is 9. The smallest absolute Gasteiger partial charge is 0.226 e. The maximum Gasteiger partial charge on any atom is 0.226 e. The molecule has 1 aliphatic heterocycles. The van der Waals surface area contributed by atoms with E-state index in [-0.39, 0.29) is 5.92 Å². The summed E-state index contributed by atoms with van der Waals surface area (Å²) in [5.41, 5.74) is 3.24. The Hall–Kier alpha value is -2.04. The highest BCUT2D eigenvalue weighted by atomic mass is 35.5. The quantitative estimate of drug-likeness (QED) is 0.419. The first-order valence-electron chi connectivity index (χ1n) is 12.5. The third kappa shape index (κ3) is 6.30. The molecule has 2 aromatic carbocycles. The van der Waals surface area contributed by atoms with Gasteiger partial charge < -0.3 is 14.5 Å². The van der Waals surface area contributed by atoms with Crippen molar-refractivity contribution in [2.45, 2.75) is 57.4 Å². The van der Waals surface area contributed by atoms with Crippen LogP contribution in [0.4, 0.5) is 0 Å². The summed E-state index contributed by atoms with van der Waals surface area (Å²) in [6.45, 7) is 2.65. The fraction of sp³-hybridized carbons (Fsp3) is 0.536. The predicted octanol–water partition coefficient (Wildman–Crippen LogP) is 6.06. The molecular formula is C28H37ClN2O2. The normalized spacial score (nSPS) is 19.5. The summed E-state index contributed by atoms with van der Waals surface area (Å²) in [5.74, 6) is 1.33. The average molecular weight is 469 g/mol. The molecule has 0 spiro atoms. The lowest BCUT2D eigenvalue weighted by atomic mass is 9.93. The minimum atomic E-state index is 0.0952. The summed E-state index contributed by atoms with van der Waals surface area (Å²) in [4.78, 5) is 17.4. The van der Waals surface area contributed by atoms with Crippen molar-refractivity contribution in [1.29, 1.82) is 0 Å². The molecule has 5 heteroatoms. The van der Waals surface area contributed by atoms with Gasteiger partial charge in [0.05, 0.1) is 6.61 Å². The molecular weight excluding hydrogens is 432 g/mol. The van der Waals surface area contributed by atoms with Crippen LogP contribution in [-0.2, 0) is 11.2 Å². The molecule has 0 aromatic heterocycles. The van der Waals surface area contributed by atoms with Gasteiger partial charge in [-0.1, -0.05) is 55.1 Å². The SMILES string of the molecule is CN(C)CCCOc1ccc(-c2ccc(CC3CCN(C4CCCCC4)C3=O)cc2Cl)cc1. The van der Waals surface area contributed by atoms with Crippen LogP contribution in [0.2, 0.25) is 5.02 Å². The van der Waals surface area contributed by atoms with Crippen molar-refractivity contribution in [1.82, 2.24) is 9.80 Å². The Morgan fingerprint density at radius 1 is 1.03 bits per heavy atom. The lowest BCUT2D eigenvalue weighted by Gasteiger charge is -2.31. The van der Waals surface area contributed by atoms with Crippen molar-refractivity contribution in [3.63, 3.8) is 0 Å². The van der Waals surface area contributed by atoms with Gasteiger partial charge in [0.25, 0.3) is 0 Å². The highest BCUT2D eigenvalue weighted by Crippen LogP contribution is 2.33. The molecule has 1 aliphatic carbocycles. The Morgan fingerprint density at radius 2 is 1.79 bits per heavy atom. The minimum absolute atomic E-state index is 0.0952. The maximum absolute atomic E-state index is 13.0. The van der Waals surface area contributed by atoms with Gasteiger partial charge >= 0.3 is 0 Å². The maximum atomic E-state index is 13.0. The third-order valence-electron chi connectivity index (χ3n) is 7.07. The number of carbonyl (C=O) groups is 1.